The van der Waals surface area contributed by atoms with Crippen molar-refractivity contribution in [3.05, 3.63) is 33.9 Å². The molecule has 1 aliphatic rings. The molecule has 1 heterocycles. The first-order valence-corrected chi connectivity index (χ1v) is 5.73. The highest BCUT2D eigenvalue weighted by Gasteiger charge is 2.24. The van der Waals surface area contributed by atoms with Gasteiger partial charge in [0, 0.05) is 19.1 Å². The Kier molecular flexibility index (Phi) is 3.78. The zero-order chi connectivity index (χ0) is 13.1. The van der Waals surface area contributed by atoms with E-state index in [0.717, 1.165) is 0 Å². The highest BCUT2D eigenvalue weighted by Crippen LogP contribution is 2.33. The second kappa shape index (κ2) is 5.32. The Bertz CT molecular complexity index is 448. The molecule has 1 aromatic rings. The number of rotatable bonds is 3. The first kappa shape index (κ1) is 12.8. The number of benzene rings is 1. The first-order chi connectivity index (χ1) is 8.60. The summed E-state index contributed by atoms with van der Waals surface area (Å²) in [4.78, 5) is 10.4. The zero-order valence-corrected chi connectivity index (χ0v) is 10.0. The summed E-state index contributed by atoms with van der Waals surface area (Å²) in [5.41, 5.74) is 0.632. The minimum absolute atomic E-state index is 0.0342. The number of aliphatic hydroxyl groups is 1. The largest absolute Gasteiger partial charge is 0.496 e. The smallest absolute Gasteiger partial charge is 0.273 e. The quantitative estimate of drug-likeness (QED) is 0.656. The van der Waals surface area contributed by atoms with Crippen LogP contribution in [0, 0.1) is 10.1 Å². The summed E-state index contributed by atoms with van der Waals surface area (Å²) < 4.78 is 10.6. The molecule has 1 saturated heterocycles. The SMILES string of the molecule is COc1cc(C2CC(O)CCO2)cc([N+](=O)[O-])c1. The molecule has 0 aromatic heterocycles. The van der Waals surface area contributed by atoms with Gasteiger partial charge in [-0.15, -0.1) is 0 Å². The number of aliphatic hydroxyl groups excluding tert-OH is 1. The summed E-state index contributed by atoms with van der Waals surface area (Å²) in [7, 11) is 1.46. The van der Waals surface area contributed by atoms with Crippen molar-refractivity contribution in [2.24, 2.45) is 0 Å². The summed E-state index contributed by atoms with van der Waals surface area (Å²) >= 11 is 0. The predicted octanol–water partition coefficient (Wildman–Crippen LogP) is 1.82. The van der Waals surface area contributed by atoms with E-state index in [0.29, 0.717) is 30.8 Å². The van der Waals surface area contributed by atoms with Crippen molar-refractivity contribution in [3.8, 4) is 5.75 Å². The molecule has 0 radical (unpaired) electrons. The molecule has 2 rings (SSSR count). The summed E-state index contributed by atoms with van der Waals surface area (Å²) in [6.07, 6.45) is 0.309. The molecule has 0 bridgehead atoms. The van der Waals surface area contributed by atoms with Crippen LogP contribution in [0.15, 0.2) is 18.2 Å². The molecular formula is C12H15NO5. The number of non-ortho nitro benzene ring substituents is 1. The van der Waals surface area contributed by atoms with Crippen molar-refractivity contribution >= 4 is 5.69 Å². The van der Waals surface area contributed by atoms with Gasteiger partial charge in [0.25, 0.3) is 5.69 Å². The van der Waals surface area contributed by atoms with Gasteiger partial charge >= 0.3 is 0 Å². The summed E-state index contributed by atoms with van der Waals surface area (Å²) in [6, 6.07) is 4.53. The number of methoxy groups -OCH3 is 1. The highest BCUT2D eigenvalue weighted by atomic mass is 16.6. The molecule has 0 amide bonds. The molecule has 0 aliphatic carbocycles. The number of hydrogen-bond donors (Lipinski definition) is 1. The Morgan fingerprint density at radius 2 is 2.28 bits per heavy atom. The maximum atomic E-state index is 10.8. The molecule has 2 unspecified atom stereocenters. The lowest BCUT2D eigenvalue weighted by Gasteiger charge is -2.26. The summed E-state index contributed by atoms with van der Waals surface area (Å²) in [5, 5.41) is 20.4. The van der Waals surface area contributed by atoms with Gasteiger partial charge in [-0.1, -0.05) is 0 Å². The van der Waals surface area contributed by atoms with Gasteiger partial charge in [-0.05, 0) is 18.1 Å². The van der Waals surface area contributed by atoms with Crippen molar-refractivity contribution in [2.75, 3.05) is 13.7 Å². The predicted molar refractivity (Wildman–Crippen MR) is 63.6 cm³/mol. The third kappa shape index (κ3) is 2.77. The van der Waals surface area contributed by atoms with Crippen LogP contribution in [-0.2, 0) is 4.74 Å². The Labute approximate surface area is 104 Å². The Morgan fingerprint density at radius 3 is 2.89 bits per heavy atom. The molecule has 1 aromatic carbocycles. The third-order valence-corrected chi connectivity index (χ3v) is 2.99. The van der Waals surface area contributed by atoms with Crippen LogP contribution < -0.4 is 4.74 Å². The van der Waals surface area contributed by atoms with Gasteiger partial charge in [0.1, 0.15) is 5.75 Å². The van der Waals surface area contributed by atoms with E-state index >= 15 is 0 Å². The van der Waals surface area contributed by atoms with Crippen molar-refractivity contribution in [3.63, 3.8) is 0 Å². The first-order valence-electron chi connectivity index (χ1n) is 5.73. The molecule has 0 spiro atoms. The van der Waals surface area contributed by atoms with E-state index in [9.17, 15) is 15.2 Å². The Morgan fingerprint density at radius 1 is 1.50 bits per heavy atom. The standard InChI is InChI=1S/C12H15NO5/c1-17-11-5-8(4-9(6-11)13(15)16)12-7-10(14)2-3-18-12/h4-6,10,12,14H,2-3,7H2,1H3. The van der Waals surface area contributed by atoms with Gasteiger partial charge in [0.15, 0.2) is 0 Å². The van der Waals surface area contributed by atoms with E-state index in [1.165, 1.54) is 19.2 Å². The maximum Gasteiger partial charge on any atom is 0.273 e. The highest BCUT2D eigenvalue weighted by molar-refractivity contribution is 5.43. The fourth-order valence-electron chi connectivity index (χ4n) is 2.03. The van der Waals surface area contributed by atoms with Gasteiger partial charge in [0.05, 0.1) is 30.3 Å². The van der Waals surface area contributed by atoms with E-state index in [1.807, 2.05) is 0 Å². The third-order valence-electron chi connectivity index (χ3n) is 2.99. The van der Waals surface area contributed by atoms with E-state index in [2.05, 4.69) is 0 Å². The average Bonchev–Trinajstić information content (AvgIpc) is 2.38. The fourth-order valence-corrected chi connectivity index (χ4v) is 2.03. The normalized spacial score (nSPS) is 23.7. The monoisotopic (exact) mass is 253 g/mol. The van der Waals surface area contributed by atoms with Crippen LogP contribution in [0.3, 0.4) is 0 Å². The van der Waals surface area contributed by atoms with E-state index < -0.39 is 11.0 Å². The van der Waals surface area contributed by atoms with Crippen LogP contribution in [0.4, 0.5) is 5.69 Å². The summed E-state index contributed by atoms with van der Waals surface area (Å²) in [5.74, 6) is 0.419. The number of nitro benzene ring substituents is 1. The molecule has 6 heteroatoms. The number of nitrogens with zero attached hydrogens (tertiary/aromatic N) is 1. The molecule has 1 N–H and O–H groups in total. The van der Waals surface area contributed by atoms with Gasteiger partial charge in [-0.3, -0.25) is 10.1 Å². The summed E-state index contributed by atoms with van der Waals surface area (Å²) in [6.45, 7) is 0.455. The Balaban J connectivity index is 2.31. The van der Waals surface area contributed by atoms with Gasteiger partial charge < -0.3 is 14.6 Å². The van der Waals surface area contributed by atoms with Crippen molar-refractivity contribution < 1.29 is 19.5 Å². The van der Waals surface area contributed by atoms with Crippen LogP contribution in [-0.4, -0.2) is 29.9 Å². The maximum absolute atomic E-state index is 10.8. The zero-order valence-electron chi connectivity index (χ0n) is 10.0. The second-order valence-electron chi connectivity index (χ2n) is 4.26. The van der Waals surface area contributed by atoms with Gasteiger partial charge in [0.2, 0.25) is 0 Å². The van der Waals surface area contributed by atoms with Crippen LogP contribution in [0.5, 0.6) is 5.75 Å². The van der Waals surface area contributed by atoms with E-state index in [4.69, 9.17) is 9.47 Å². The fraction of sp³-hybridized carbons (Fsp3) is 0.500. The lowest BCUT2D eigenvalue weighted by molar-refractivity contribution is -0.385. The second-order valence-corrected chi connectivity index (χ2v) is 4.26. The van der Waals surface area contributed by atoms with Crippen LogP contribution in [0.1, 0.15) is 24.5 Å². The lowest BCUT2D eigenvalue weighted by Crippen LogP contribution is -2.23. The average molecular weight is 253 g/mol. The van der Waals surface area contributed by atoms with Crippen LogP contribution >= 0.6 is 0 Å². The van der Waals surface area contributed by atoms with Gasteiger partial charge in [-0.2, -0.15) is 0 Å². The van der Waals surface area contributed by atoms with E-state index in [-0.39, 0.29) is 11.8 Å². The van der Waals surface area contributed by atoms with E-state index in [1.54, 1.807) is 6.07 Å². The topological polar surface area (TPSA) is 81.8 Å². The lowest BCUT2D eigenvalue weighted by atomic mass is 9.99. The molecule has 1 aliphatic heterocycles. The molecular weight excluding hydrogens is 238 g/mol. The van der Waals surface area contributed by atoms with Crippen LogP contribution in [0.2, 0.25) is 0 Å². The molecule has 2 atom stereocenters. The van der Waals surface area contributed by atoms with Crippen LogP contribution in [0.25, 0.3) is 0 Å². The number of hydrogen-bond acceptors (Lipinski definition) is 5. The van der Waals surface area contributed by atoms with Crippen molar-refractivity contribution in [1.82, 2.24) is 0 Å². The number of nitro groups is 1. The molecule has 1 fully saturated rings. The number of ether oxygens (including phenoxy) is 2. The van der Waals surface area contributed by atoms with Crippen molar-refractivity contribution in [2.45, 2.75) is 25.0 Å². The van der Waals surface area contributed by atoms with Gasteiger partial charge in [-0.25, -0.2) is 0 Å². The molecule has 6 nitrogen and oxygen atoms in total. The Hall–Kier alpha value is -1.66. The molecule has 0 saturated carbocycles. The minimum atomic E-state index is -0.467. The van der Waals surface area contributed by atoms with Crippen molar-refractivity contribution in [1.29, 1.82) is 0 Å². The molecule has 98 valence electrons. The molecule has 18 heavy (non-hydrogen) atoms. The minimum Gasteiger partial charge on any atom is -0.496 e.